The number of ether oxygens (including phenoxy) is 2. The highest BCUT2D eigenvalue weighted by atomic mass is 19.1. The summed E-state index contributed by atoms with van der Waals surface area (Å²) in [6, 6.07) is 6.43. The van der Waals surface area contributed by atoms with Crippen LogP contribution >= 0.6 is 0 Å². The lowest BCUT2D eigenvalue weighted by molar-refractivity contribution is 0.0775. The predicted octanol–water partition coefficient (Wildman–Crippen LogP) is 1.46. The number of rotatable bonds is 10. The Labute approximate surface area is 119 Å². The van der Waals surface area contributed by atoms with Gasteiger partial charge in [0.1, 0.15) is 5.82 Å². The Balaban J connectivity index is 2.61. The number of methoxy groups -OCH3 is 1. The number of aliphatic hydroxyl groups excluding tert-OH is 1. The van der Waals surface area contributed by atoms with E-state index in [9.17, 15) is 9.50 Å². The molecule has 4 nitrogen and oxygen atoms in total. The summed E-state index contributed by atoms with van der Waals surface area (Å²) in [6.07, 6.45) is 1.29. The first-order valence-electron chi connectivity index (χ1n) is 6.83. The molecule has 0 radical (unpaired) electrons. The van der Waals surface area contributed by atoms with E-state index in [2.05, 4.69) is 0 Å². The van der Waals surface area contributed by atoms with Gasteiger partial charge in [-0.05, 0) is 24.5 Å². The normalized spacial score (nSPS) is 14.2. The molecule has 0 bridgehead atoms. The number of aliphatic hydroxyl groups is 1. The topological polar surface area (TPSA) is 64.7 Å². The van der Waals surface area contributed by atoms with Gasteiger partial charge in [-0.1, -0.05) is 18.2 Å². The molecule has 0 spiro atoms. The van der Waals surface area contributed by atoms with Crippen LogP contribution in [-0.4, -0.2) is 45.2 Å². The van der Waals surface area contributed by atoms with Gasteiger partial charge in [0.15, 0.2) is 0 Å². The molecule has 1 rings (SSSR count). The molecule has 5 heteroatoms. The first kappa shape index (κ1) is 17.0. The second-order valence-corrected chi connectivity index (χ2v) is 4.83. The van der Waals surface area contributed by atoms with Gasteiger partial charge in [0.2, 0.25) is 0 Å². The first-order chi connectivity index (χ1) is 9.70. The van der Waals surface area contributed by atoms with Crippen LogP contribution in [0.1, 0.15) is 18.4 Å². The van der Waals surface area contributed by atoms with E-state index in [0.717, 1.165) is 6.42 Å². The lowest BCUT2D eigenvalue weighted by atomic mass is 9.78. The molecule has 0 fully saturated rings. The molecule has 1 unspecified atom stereocenters. The molecule has 0 saturated heterocycles. The quantitative estimate of drug-likeness (QED) is 0.639. The molecule has 0 aliphatic rings. The van der Waals surface area contributed by atoms with E-state index in [1.165, 1.54) is 6.07 Å². The van der Waals surface area contributed by atoms with Gasteiger partial charge in [0.05, 0.1) is 6.61 Å². The van der Waals surface area contributed by atoms with Crippen molar-refractivity contribution in [1.82, 2.24) is 0 Å². The van der Waals surface area contributed by atoms with Crippen LogP contribution in [0, 0.1) is 5.82 Å². The number of hydrogen-bond acceptors (Lipinski definition) is 4. The molecule has 0 heterocycles. The van der Waals surface area contributed by atoms with Crippen LogP contribution in [0.5, 0.6) is 0 Å². The monoisotopic (exact) mass is 285 g/mol. The highest BCUT2D eigenvalue weighted by Gasteiger charge is 2.32. The van der Waals surface area contributed by atoms with Gasteiger partial charge in [0.25, 0.3) is 0 Å². The minimum atomic E-state index is -0.785. The smallest absolute Gasteiger partial charge is 0.127 e. The average molecular weight is 285 g/mol. The van der Waals surface area contributed by atoms with Crippen molar-refractivity contribution in [2.24, 2.45) is 5.73 Å². The van der Waals surface area contributed by atoms with Crippen LogP contribution < -0.4 is 5.73 Å². The molecule has 3 N–H and O–H groups in total. The summed E-state index contributed by atoms with van der Waals surface area (Å²) in [5, 5.41) is 9.67. The zero-order chi connectivity index (χ0) is 14.8. The van der Waals surface area contributed by atoms with Crippen molar-refractivity contribution in [3.8, 4) is 0 Å². The summed E-state index contributed by atoms with van der Waals surface area (Å²) in [5.74, 6) is -0.341. The van der Waals surface area contributed by atoms with Crippen LogP contribution in [0.4, 0.5) is 4.39 Å². The van der Waals surface area contributed by atoms with E-state index in [1.807, 2.05) is 0 Å². The maximum absolute atomic E-state index is 13.9. The van der Waals surface area contributed by atoms with Crippen LogP contribution in [0.15, 0.2) is 24.3 Å². The number of hydrogen-bond donors (Lipinski definition) is 2. The molecule has 0 aliphatic heterocycles. The lowest BCUT2D eigenvalue weighted by Gasteiger charge is -2.31. The number of halogens is 1. The van der Waals surface area contributed by atoms with Crippen LogP contribution in [0.25, 0.3) is 0 Å². The van der Waals surface area contributed by atoms with Gasteiger partial charge in [0, 0.05) is 38.9 Å². The maximum Gasteiger partial charge on any atom is 0.127 e. The van der Waals surface area contributed by atoms with Gasteiger partial charge in [-0.15, -0.1) is 0 Å². The summed E-state index contributed by atoms with van der Waals surface area (Å²) in [4.78, 5) is 0. The molecule has 1 atom stereocenters. The minimum Gasteiger partial charge on any atom is -0.395 e. The third-order valence-electron chi connectivity index (χ3n) is 3.50. The molecule has 0 aromatic heterocycles. The Kier molecular flexibility index (Phi) is 7.69. The fraction of sp³-hybridized carbons (Fsp3) is 0.600. The van der Waals surface area contributed by atoms with Gasteiger partial charge in [-0.2, -0.15) is 0 Å². The lowest BCUT2D eigenvalue weighted by Crippen LogP contribution is -2.40. The third kappa shape index (κ3) is 4.52. The molecule has 1 aromatic carbocycles. The Hall–Kier alpha value is -1.01. The van der Waals surface area contributed by atoms with E-state index in [-0.39, 0.29) is 19.0 Å². The van der Waals surface area contributed by atoms with Crippen molar-refractivity contribution in [1.29, 1.82) is 0 Å². The van der Waals surface area contributed by atoms with Crippen molar-refractivity contribution in [3.05, 3.63) is 35.6 Å². The fourth-order valence-electron chi connectivity index (χ4n) is 2.14. The molecule has 0 aliphatic carbocycles. The second kappa shape index (κ2) is 9.02. The standard InChI is InChI=1S/C15H24FNO3/c1-19-8-4-9-20-10-7-15(11-17,12-18)13-5-2-3-6-14(13)16/h2-3,5-6,18H,4,7-12,17H2,1H3. The SMILES string of the molecule is COCCCOCCC(CN)(CO)c1ccccc1F. The average Bonchev–Trinajstić information content (AvgIpc) is 2.48. The molecule has 20 heavy (non-hydrogen) atoms. The summed E-state index contributed by atoms with van der Waals surface area (Å²) >= 11 is 0. The maximum atomic E-state index is 13.9. The van der Waals surface area contributed by atoms with E-state index in [0.29, 0.717) is 31.8 Å². The fourth-order valence-corrected chi connectivity index (χ4v) is 2.14. The van der Waals surface area contributed by atoms with Crippen LogP contribution in [0.2, 0.25) is 0 Å². The summed E-state index contributed by atoms with van der Waals surface area (Å²) in [6.45, 7) is 1.63. The molecule has 0 saturated carbocycles. The number of benzene rings is 1. The Morgan fingerprint density at radius 3 is 2.60 bits per heavy atom. The van der Waals surface area contributed by atoms with E-state index >= 15 is 0 Å². The van der Waals surface area contributed by atoms with E-state index in [1.54, 1.807) is 25.3 Å². The molecular formula is C15H24FNO3. The summed E-state index contributed by atoms with van der Waals surface area (Å²) < 4.78 is 24.3. The van der Waals surface area contributed by atoms with Crippen LogP contribution in [-0.2, 0) is 14.9 Å². The second-order valence-electron chi connectivity index (χ2n) is 4.83. The van der Waals surface area contributed by atoms with Crippen molar-refractivity contribution in [3.63, 3.8) is 0 Å². The van der Waals surface area contributed by atoms with Crippen LogP contribution in [0.3, 0.4) is 0 Å². The highest BCUT2D eigenvalue weighted by Crippen LogP contribution is 2.29. The van der Waals surface area contributed by atoms with E-state index < -0.39 is 5.41 Å². The predicted molar refractivity (Wildman–Crippen MR) is 76.1 cm³/mol. The molecule has 0 amide bonds. The summed E-state index contributed by atoms with van der Waals surface area (Å²) in [5.41, 5.74) is 5.44. The van der Waals surface area contributed by atoms with Gasteiger partial charge >= 0.3 is 0 Å². The van der Waals surface area contributed by atoms with Gasteiger partial charge < -0.3 is 20.3 Å². The molecular weight excluding hydrogens is 261 g/mol. The highest BCUT2D eigenvalue weighted by molar-refractivity contribution is 5.28. The summed E-state index contributed by atoms with van der Waals surface area (Å²) in [7, 11) is 1.64. The molecule has 1 aromatic rings. The van der Waals surface area contributed by atoms with Crippen molar-refractivity contribution < 1.29 is 19.0 Å². The Morgan fingerprint density at radius 2 is 2.00 bits per heavy atom. The minimum absolute atomic E-state index is 0.172. The van der Waals surface area contributed by atoms with E-state index in [4.69, 9.17) is 15.2 Å². The van der Waals surface area contributed by atoms with Gasteiger partial charge in [-0.25, -0.2) is 4.39 Å². The van der Waals surface area contributed by atoms with Gasteiger partial charge in [-0.3, -0.25) is 0 Å². The zero-order valence-electron chi connectivity index (χ0n) is 12.0. The molecule has 114 valence electrons. The van der Waals surface area contributed by atoms with Crippen molar-refractivity contribution in [2.75, 3.05) is 40.1 Å². The van der Waals surface area contributed by atoms with Crippen molar-refractivity contribution in [2.45, 2.75) is 18.3 Å². The Bertz CT molecular complexity index is 383. The number of nitrogens with two attached hydrogens (primary N) is 1. The van der Waals surface area contributed by atoms with Crippen molar-refractivity contribution >= 4 is 0 Å². The third-order valence-corrected chi connectivity index (χ3v) is 3.50. The first-order valence-corrected chi connectivity index (χ1v) is 6.83. The Morgan fingerprint density at radius 1 is 1.25 bits per heavy atom. The largest absolute Gasteiger partial charge is 0.395 e. The zero-order valence-corrected chi connectivity index (χ0v) is 12.0.